The van der Waals surface area contributed by atoms with Crippen molar-refractivity contribution in [2.75, 3.05) is 53.6 Å². The molecule has 0 aliphatic carbocycles. The smallest absolute Gasteiger partial charge is 0.253 e. The first-order chi connectivity index (χ1) is 20.3. The van der Waals surface area contributed by atoms with Crippen molar-refractivity contribution in [3.05, 3.63) is 53.3 Å². The third-order valence-corrected chi connectivity index (χ3v) is 8.23. The van der Waals surface area contributed by atoms with Crippen molar-refractivity contribution in [3.63, 3.8) is 0 Å². The Hall–Kier alpha value is -3.01. The number of ether oxygens (including phenoxy) is 3. The van der Waals surface area contributed by atoms with Gasteiger partial charge in [0.1, 0.15) is 11.6 Å². The summed E-state index contributed by atoms with van der Waals surface area (Å²) < 4.78 is 32.0. The normalized spacial score (nSPS) is 17.9. The van der Waals surface area contributed by atoms with Crippen LogP contribution in [0.15, 0.2) is 36.4 Å². The molecule has 0 unspecified atom stereocenters. The molecule has 1 N–H and O–H groups in total. The van der Waals surface area contributed by atoms with Crippen LogP contribution in [-0.4, -0.2) is 93.4 Å². The zero-order chi connectivity index (χ0) is 30.1. The largest absolute Gasteiger partial charge is 0.493 e. The number of methoxy groups -OCH3 is 2. The van der Waals surface area contributed by atoms with E-state index >= 15 is 4.39 Å². The average Bonchev–Trinajstić information content (AvgIpc) is 3.00. The van der Waals surface area contributed by atoms with Crippen molar-refractivity contribution in [2.24, 2.45) is 0 Å². The first kappa shape index (κ1) is 31.9. The number of likely N-dealkylation sites (tertiary alicyclic amines) is 1. The molecule has 0 aromatic heterocycles. The third kappa shape index (κ3) is 8.08. The number of carbonyl (C=O) groups is 2. The first-order valence-electron chi connectivity index (χ1n) is 15.2. The maximum Gasteiger partial charge on any atom is 0.253 e. The molecular formula is C33H46FN3O5. The molecule has 2 aliphatic rings. The molecule has 2 aromatic rings. The van der Waals surface area contributed by atoms with Gasteiger partial charge < -0.3 is 29.3 Å². The van der Waals surface area contributed by atoms with Crippen LogP contribution in [0.4, 0.5) is 4.39 Å². The number of benzene rings is 2. The van der Waals surface area contributed by atoms with E-state index in [1.54, 1.807) is 31.3 Å². The van der Waals surface area contributed by atoms with Gasteiger partial charge in [-0.25, -0.2) is 4.39 Å². The highest BCUT2D eigenvalue weighted by Gasteiger charge is 2.28. The third-order valence-electron chi connectivity index (χ3n) is 8.23. The highest BCUT2D eigenvalue weighted by molar-refractivity contribution is 5.96. The van der Waals surface area contributed by atoms with Gasteiger partial charge in [-0.05, 0) is 75.9 Å². The molecule has 1 atom stereocenters. The number of nitrogens with zero attached hydrogens (tertiary/aromatic N) is 2. The number of piperidine rings is 2. The van der Waals surface area contributed by atoms with Crippen LogP contribution in [0.3, 0.4) is 0 Å². The lowest BCUT2D eigenvalue weighted by atomic mass is 9.97. The van der Waals surface area contributed by atoms with Crippen molar-refractivity contribution in [1.29, 1.82) is 0 Å². The molecule has 0 spiro atoms. The second-order valence-electron chi connectivity index (χ2n) is 11.5. The topological polar surface area (TPSA) is 80.3 Å². The molecule has 0 bridgehead atoms. The molecule has 230 valence electrons. The Morgan fingerprint density at radius 2 is 1.83 bits per heavy atom. The molecule has 2 aromatic carbocycles. The molecule has 4 rings (SSSR count). The van der Waals surface area contributed by atoms with Gasteiger partial charge in [0.15, 0.2) is 0 Å². The van der Waals surface area contributed by atoms with Crippen molar-refractivity contribution in [1.82, 2.24) is 15.1 Å². The number of rotatable bonds is 12. The molecule has 9 heteroatoms. The number of nitrogens with one attached hydrogen (secondary N) is 1. The molecule has 2 aliphatic heterocycles. The Kier molecular flexibility index (Phi) is 11.7. The van der Waals surface area contributed by atoms with Gasteiger partial charge >= 0.3 is 0 Å². The Morgan fingerprint density at radius 1 is 1.05 bits per heavy atom. The fourth-order valence-electron chi connectivity index (χ4n) is 6.00. The quantitative estimate of drug-likeness (QED) is 0.365. The van der Waals surface area contributed by atoms with Crippen LogP contribution in [0.5, 0.6) is 5.75 Å². The molecule has 2 fully saturated rings. The lowest BCUT2D eigenvalue weighted by Gasteiger charge is -2.37. The molecule has 2 heterocycles. The number of hydrogen-bond donors (Lipinski definition) is 1. The number of halogens is 1. The monoisotopic (exact) mass is 583 g/mol. The summed E-state index contributed by atoms with van der Waals surface area (Å²) in [5.74, 6) is -0.0170. The van der Waals surface area contributed by atoms with Crippen LogP contribution in [0.1, 0.15) is 61.9 Å². The van der Waals surface area contributed by atoms with E-state index in [0.717, 1.165) is 44.3 Å². The van der Waals surface area contributed by atoms with E-state index in [1.165, 1.54) is 12.1 Å². The second-order valence-corrected chi connectivity index (χ2v) is 11.5. The summed E-state index contributed by atoms with van der Waals surface area (Å²) in [6, 6.07) is 10.2. The van der Waals surface area contributed by atoms with Gasteiger partial charge in [0, 0.05) is 75.7 Å². The Bertz CT molecular complexity index is 1190. The van der Waals surface area contributed by atoms with E-state index in [4.69, 9.17) is 14.2 Å². The molecule has 0 radical (unpaired) electrons. The van der Waals surface area contributed by atoms with Gasteiger partial charge in [0.05, 0.1) is 19.1 Å². The van der Waals surface area contributed by atoms with Crippen LogP contribution < -0.4 is 10.1 Å². The maximum atomic E-state index is 15.3. The van der Waals surface area contributed by atoms with Gasteiger partial charge in [-0.1, -0.05) is 12.1 Å². The number of hydrogen-bond acceptors (Lipinski definition) is 6. The summed E-state index contributed by atoms with van der Waals surface area (Å²) in [5.41, 5.74) is 2.07. The number of amides is 2. The van der Waals surface area contributed by atoms with E-state index in [2.05, 4.69) is 19.2 Å². The second kappa shape index (κ2) is 15.5. The highest BCUT2D eigenvalue weighted by Crippen LogP contribution is 2.34. The van der Waals surface area contributed by atoms with E-state index in [1.807, 2.05) is 17.0 Å². The Balaban J connectivity index is 1.59. The molecule has 2 saturated heterocycles. The Morgan fingerprint density at radius 3 is 2.50 bits per heavy atom. The van der Waals surface area contributed by atoms with E-state index < -0.39 is 5.82 Å². The maximum absolute atomic E-state index is 15.3. The molecule has 8 nitrogen and oxygen atoms in total. The molecule has 42 heavy (non-hydrogen) atoms. The average molecular weight is 584 g/mol. The van der Waals surface area contributed by atoms with Gasteiger partial charge in [-0.2, -0.15) is 0 Å². The predicted molar refractivity (Wildman–Crippen MR) is 161 cm³/mol. The molecule has 2 amide bonds. The first-order valence-corrected chi connectivity index (χ1v) is 15.2. The summed E-state index contributed by atoms with van der Waals surface area (Å²) in [5, 5.41) is 3.41. The zero-order valence-electron chi connectivity index (χ0n) is 25.5. The van der Waals surface area contributed by atoms with Gasteiger partial charge in [-0.3, -0.25) is 9.59 Å². The summed E-state index contributed by atoms with van der Waals surface area (Å²) in [6.45, 7) is 8.00. The molecular weight excluding hydrogens is 537 g/mol. The van der Waals surface area contributed by atoms with Gasteiger partial charge in [0.25, 0.3) is 5.91 Å². The highest BCUT2D eigenvalue weighted by atomic mass is 19.1. The Labute approximate surface area is 249 Å². The van der Waals surface area contributed by atoms with E-state index in [-0.39, 0.29) is 36.4 Å². The van der Waals surface area contributed by atoms with Crippen LogP contribution in [0.25, 0.3) is 11.1 Å². The lowest BCUT2D eigenvalue weighted by molar-refractivity contribution is -0.135. The molecule has 0 saturated carbocycles. The van der Waals surface area contributed by atoms with Crippen molar-refractivity contribution in [3.8, 4) is 16.9 Å². The van der Waals surface area contributed by atoms with Crippen molar-refractivity contribution in [2.45, 2.75) is 70.6 Å². The van der Waals surface area contributed by atoms with Crippen LogP contribution in [0, 0.1) is 5.82 Å². The van der Waals surface area contributed by atoms with E-state index in [0.29, 0.717) is 55.2 Å². The fraction of sp³-hybridized carbons (Fsp3) is 0.576. The predicted octanol–water partition coefficient (Wildman–Crippen LogP) is 4.69. The summed E-state index contributed by atoms with van der Waals surface area (Å²) in [7, 11) is 3.33. The number of carbonyl (C=O) groups excluding carboxylic acids is 2. The minimum absolute atomic E-state index is 0.0628. The van der Waals surface area contributed by atoms with Crippen LogP contribution in [-0.2, 0) is 20.7 Å². The van der Waals surface area contributed by atoms with Crippen LogP contribution >= 0.6 is 0 Å². The van der Waals surface area contributed by atoms with Crippen molar-refractivity contribution >= 4 is 11.8 Å². The standard InChI is InChI=1S/C33H46FN3O5/c1-23(2)37(26-7-5-14-35-22-26)32(38)20-24-8-10-28(31(19-24)42-18-6-17-40-3)29-21-25(9-11-30(29)34)33(39)36-15-12-27(41-4)13-16-36/h8-11,19,21,23,26-27,35H,5-7,12-18,20,22H2,1-4H3/t26-/m1/s1. The van der Waals surface area contributed by atoms with Crippen LogP contribution in [0.2, 0.25) is 0 Å². The minimum atomic E-state index is -0.439. The fourth-order valence-corrected chi connectivity index (χ4v) is 6.00. The minimum Gasteiger partial charge on any atom is -0.493 e. The summed E-state index contributed by atoms with van der Waals surface area (Å²) in [4.78, 5) is 30.6. The summed E-state index contributed by atoms with van der Waals surface area (Å²) in [6.07, 6.45) is 4.64. The zero-order valence-corrected chi connectivity index (χ0v) is 25.5. The van der Waals surface area contributed by atoms with E-state index in [9.17, 15) is 9.59 Å². The summed E-state index contributed by atoms with van der Waals surface area (Å²) >= 11 is 0. The SMILES string of the molecule is COCCCOc1cc(CC(=O)N(C(C)C)[C@@H]2CCCNC2)ccc1-c1cc(C(=O)N2CCC(OC)CC2)ccc1F. The lowest BCUT2D eigenvalue weighted by Crippen LogP contribution is -2.52. The van der Waals surface area contributed by atoms with Gasteiger partial charge in [-0.15, -0.1) is 0 Å². The van der Waals surface area contributed by atoms with Gasteiger partial charge in [0.2, 0.25) is 5.91 Å². The van der Waals surface area contributed by atoms with Crippen molar-refractivity contribution < 1.29 is 28.2 Å².